The fourth-order valence-corrected chi connectivity index (χ4v) is 6.05. The van der Waals surface area contributed by atoms with Crippen LogP contribution in [0.25, 0.3) is 0 Å². The molecular formula is C12H27O3PS. The third-order valence-corrected chi connectivity index (χ3v) is 5.86. The average Bonchev–Trinajstić information content (AvgIpc) is 1.93. The molecule has 0 unspecified atom stereocenters. The summed E-state index contributed by atoms with van der Waals surface area (Å²) in [6.45, 7) is 12.4. The van der Waals surface area contributed by atoms with Gasteiger partial charge in [-0.15, -0.1) is 0 Å². The molecule has 5 heteroatoms. The zero-order valence-electron chi connectivity index (χ0n) is 12.4. The largest absolute Gasteiger partial charge is 0.390 e. The molecule has 0 heterocycles. The molecule has 0 aliphatic heterocycles. The molecular weight excluding hydrogens is 255 g/mol. The van der Waals surface area contributed by atoms with Gasteiger partial charge < -0.3 is 0 Å². The predicted octanol–water partition coefficient (Wildman–Crippen LogP) is 5.11. The smallest absolute Gasteiger partial charge is 0.295 e. The van der Waals surface area contributed by atoms with E-state index in [2.05, 4.69) is 13.8 Å². The Balaban J connectivity index is 4.76. The highest BCUT2D eigenvalue weighted by atomic mass is 32.7. The van der Waals surface area contributed by atoms with E-state index in [1.165, 1.54) is 11.4 Å². The van der Waals surface area contributed by atoms with Crippen molar-refractivity contribution in [2.75, 3.05) is 5.75 Å². The van der Waals surface area contributed by atoms with Crippen LogP contribution in [0.15, 0.2) is 0 Å². The van der Waals surface area contributed by atoms with Crippen LogP contribution in [0.4, 0.5) is 0 Å². The van der Waals surface area contributed by atoms with E-state index in [0.29, 0.717) is 5.92 Å². The van der Waals surface area contributed by atoms with Crippen molar-refractivity contribution < 1.29 is 13.6 Å². The third kappa shape index (κ3) is 10.1. The SMILES string of the molecule is CC(C)CSP(=O)(OC(C)(C)C)OC(C)(C)C. The second-order valence-corrected chi connectivity index (χ2v) is 10.5. The molecule has 3 nitrogen and oxygen atoms in total. The lowest BCUT2D eigenvalue weighted by Crippen LogP contribution is -2.23. The highest BCUT2D eigenvalue weighted by Gasteiger charge is 2.36. The van der Waals surface area contributed by atoms with E-state index in [9.17, 15) is 4.57 Å². The summed E-state index contributed by atoms with van der Waals surface area (Å²) in [7, 11) is 0. The molecule has 0 aliphatic carbocycles. The van der Waals surface area contributed by atoms with E-state index in [1.54, 1.807) is 0 Å². The van der Waals surface area contributed by atoms with Crippen molar-refractivity contribution in [1.82, 2.24) is 0 Å². The molecule has 0 spiro atoms. The molecule has 0 saturated carbocycles. The van der Waals surface area contributed by atoms with E-state index in [4.69, 9.17) is 9.05 Å². The van der Waals surface area contributed by atoms with Gasteiger partial charge in [0.05, 0.1) is 11.2 Å². The summed E-state index contributed by atoms with van der Waals surface area (Å²) in [5.74, 6) is 1.23. The molecule has 0 aromatic heterocycles. The van der Waals surface area contributed by atoms with Crippen LogP contribution in [0.5, 0.6) is 0 Å². The molecule has 0 saturated heterocycles. The molecule has 0 fully saturated rings. The summed E-state index contributed by atoms with van der Waals surface area (Å²) in [6.07, 6.45) is 0. The molecule has 0 radical (unpaired) electrons. The van der Waals surface area contributed by atoms with E-state index in [0.717, 1.165) is 5.75 Å². The summed E-state index contributed by atoms with van der Waals surface area (Å²) in [5, 5.41) is 0. The molecule has 17 heavy (non-hydrogen) atoms. The molecule has 0 aromatic carbocycles. The number of hydrogen-bond acceptors (Lipinski definition) is 4. The molecule has 0 atom stereocenters. The first-order valence-corrected chi connectivity index (χ1v) is 9.12. The lowest BCUT2D eigenvalue weighted by molar-refractivity contribution is 0.0592. The van der Waals surface area contributed by atoms with Gasteiger partial charge >= 0.3 is 6.80 Å². The molecule has 0 aromatic rings. The van der Waals surface area contributed by atoms with Crippen molar-refractivity contribution in [2.45, 2.75) is 66.6 Å². The topological polar surface area (TPSA) is 35.5 Å². The van der Waals surface area contributed by atoms with Crippen LogP contribution in [0.2, 0.25) is 0 Å². The first-order valence-electron chi connectivity index (χ1n) is 5.99. The van der Waals surface area contributed by atoms with Crippen LogP contribution in [-0.4, -0.2) is 17.0 Å². The van der Waals surface area contributed by atoms with Crippen molar-refractivity contribution in [3.05, 3.63) is 0 Å². The zero-order chi connectivity index (χ0) is 13.9. The second kappa shape index (κ2) is 6.10. The van der Waals surface area contributed by atoms with E-state index in [-0.39, 0.29) is 0 Å². The van der Waals surface area contributed by atoms with Gasteiger partial charge in [-0.05, 0) is 58.8 Å². The highest BCUT2D eigenvalue weighted by molar-refractivity contribution is 8.55. The highest BCUT2D eigenvalue weighted by Crippen LogP contribution is 2.65. The summed E-state index contributed by atoms with van der Waals surface area (Å²) in [5.41, 5.74) is -0.935. The molecule has 0 rings (SSSR count). The van der Waals surface area contributed by atoms with Crippen molar-refractivity contribution in [1.29, 1.82) is 0 Å². The Morgan fingerprint density at radius 1 is 1.00 bits per heavy atom. The van der Waals surface area contributed by atoms with Crippen LogP contribution in [-0.2, 0) is 13.6 Å². The maximum atomic E-state index is 12.7. The van der Waals surface area contributed by atoms with E-state index >= 15 is 0 Å². The van der Waals surface area contributed by atoms with Crippen LogP contribution in [0.3, 0.4) is 0 Å². The minimum absolute atomic E-state index is 0.459. The Kier molecular flexibility index (Phi) is 6.28. The number of rotatable bonds is 5. The lowest BCUT2D eigenvalue weighted by Gasteiger charge is -2.31. The van der Waals surface area contributed by atoms with Gasteiger partial charge in [0, 0.05) is 5.75 Å². The van der Waals surface area contributed by atoms with Gasteiger partial charge in [-0.3, -0.25) is 9.05 Å². The summed E-state index contributed by atoms with van der Waals surface area (Å²) in [6, 6.07) is 0. The van der Waals surface area contributed by atoms with Crippen LogP contribution in [0, 0.1) is 5.92 Å². The predicted molar refractivity (Wildman–Crippen MR) is 76.6 cm³/mol. The van der Waals surface area contributed by atoms with E-state index in [1.807, 2.05) is 41.5 Å². The van der Waals surface area contributed by atoms with Gasteiger partial charge in [0.25, 0.3) is 0 Å². The van der Waals surface area contributed by atoms with Gasteiger partial charge in [0.15, 0.2) is 0 Å². The lowest BCUT2D eigenvalue weighted by atomic mass is 10.2. The first-order chi connectivity index (χ1) is 7.33. The van der Waals surface area contributed by atoms with Crippen LogP contribution >= 0.6 is 18.2 Å². The maximum absolute atomic E-state index is 12.7. The Morgan fingerprint density at radius 2 is 1.35 bits per heavy atom. The normalized spacial score (nSPS) is 14.4. The molecule has 0 bridgehead atoms. The Labute approximate surface area is 110 Å². The van der Waals surface area contributed by atoms with Gasteiger partial charge in [-0.2, -0.15) is 0 Å². The fraction of sp³-hybridized carbons (Fsp3) is 1.00. The summed E-state index contributed by atoms with van der Waals surface area (Å²) in [4.78, 5) is 0. The monoisotopic (exact) mass is 282 g/mol. The Bertz CT molecular complexity index is 256. The Morgan fingerprint density at radius 3 is 1.59 bits per heavy atom. The van der Waals surface area contributed by atoms with Crippen molar-refractivity contribution >= 4 is 18.2 Å². The third-order valence-electron chi connectivity index (χ3n) is 1.34. The Hall–Kier alpha value is 0.500. The summed E-state index contributed by atoms with van der Waals surface area (Å²) < 4.78 is 24.0. The minimum atomic E-state index is -3.10. The standard InChI is InChI=1S/C12H27O3PS/c1-10(2)9-17-16(13,14-11(3,4)5)15-12(6,7)8/h10H,9H2,1-8H3. The second-order valence-electron chi connectivity index (χ2n) is 6.54. The maximum Gasteiger partial charge on any atom is 0.390 e. The van der Waals surface area contributed by atoms with Crippen molar-refractivity contribution in [2.24, 2.45) is 5.92 Å². The molecule has 104 valence electrons. The van der Waals surface area contributed by atoms with Gasteiger partial charge in [0.2, 0.25) is 0 Å². The van der Waals surface area contributed by atoms with Crippen molar-refractivity contribution in [3.63, 3.8) is 0 Å². The average molecular weight is 282 g/mol. The zero-order valence-corrected chi connectivity index (χ0v) is 14.1. The molecule has 0 aliphatic rings. The van der Waals surface area contributed by atoms with Gasteiger partial charge in [-0.1, -0.05) is 13.8 Å². The summed E-state index contributed by atoms with van der Waals surface area (Å²) >= 11 is 1.30. The quantitative estimate of drug-likeness (QED) is 0.656. The van der Waals surface area contributed by atoms with Gasteiger partial charge in [-0.25, -0.2) is 4.57 Å². The fourth-order valence-electron chi connectivity index (χ4n) is 0.983. The van der Waals surface area contributed by atoms with Crippen LogP contribution < -0.4 is 0 Å². The van der Waals surface area contributed by atoms with Crippen molar-refractivity contribution in [3.8, 4) is 0 Å². The minimum Gasteiger partial charge on any atom is -0.295 e. The van der Waals surface area contributed by atoms with E-state index < -0.39 is 18.0 Å². The van der Waals surface area contributed by atoms with Crippen LogP contribution in [0.1, 0.15) is 55.4 Å². The van der Waals surface area contributed by atoms with Gasteiger partial charge in [0.1, 0.15) is 0 Å². The molecule has 0 amide bonds. The molecule has 0 N–H and O–H groups in total. The first kappa shape index (κ1) is 17.5. The number of hydrogen-bond donors (Lipinski definition) is 0.